The summed E-state index contributed by atoms with van der Waals surface area (Å²) in [7, 11) is 0. The van der Waals surface area contributed by atoms with E-state index in [1.54, 1.807) is 24.5 Å². The van der Waals surface area contributed by atoms with Crippen LogP contribution >= 0.6 is 11.8 Å². The summed E-state index contributed by atoms with van der Waals surface area (Å²) in [6.07, 6.45) is 4.82. The van der Waals surface area contributed by atoms with Crippen LogP contribution < -0.4 is 9.47 Å². The van der Waals surface area contributed by atoms with E-state index in [1.807, 2.05) is 68.4 Å². The van der Waals surface area contributed by atoms with Crippen LogP contribution in [0.3, 0.4) is 0 Å². The number of aliphatic imine (C=N–C) groups is 1. The van der Waals surface area contributed by atoms with Crippen molar-refractivity contribution in [2.24, 2.45) is 10.1 Å². The Kier molecular flexibility index (Phi) is 6.64. The summed E-state index contributed by atoms with van der Waals surface area (Å²) >= 11 is 1.24. The largest absolute Gasteiger partial charge is 0.490 e. The fourth-order valence-corrected chi connectivity index (χ4v) is 4.61. The minimum absolute atomic E-state index is 0.0348. The number of amides is 1. The van der Waals surface area contributed by atoms with E-state index in [9.17, 15) is 4.79 Å². The third-order valence-corrected chi connectivity index (χ3v) is 6.47. The number of hydrazone groups is 1. The molecular formula is C27H23N5O3S. The first kappa shape index (κ1) is 23.5. The van der Waals surface area contributed by atoms with E-state index >= 15 is 0 Å². The number of nitrogens with zero attached hydrogens (tertiary/aromatic N) is 4. The number of hydrogen-bond donors (Lipinski definition) is 1. The number of rotatable bonds is 7. The number of amidine groups is 2. The Morgan fingerprint density at radius 2 is 1.94 bits per heavy atom. The molecule has 8 nitrogen and oxygen atoms in total. The molecule has 0 radical (unpaired) electrons. The first-order valence-electron chi connectivity index (χ1n) is 11.4. The zero-order chi connectivity index (χ0) is 25.1. The molecule has 0 bridgehead atoms. The van der Waals surface area contributed by atoms with E-state index in [0.717, 1.165) is 11.1 Å². The van der Waals surface area contributed by atoms with Crippen LogP contribution in [-0.2, 0) is 4.79 Å². The Balaban J connectivity index is 1.41. The van der Waals surface area contributed by atoms with E-state index in [2.05, 4.69) is 15.1 Å². The van der Waals surface area contributed by atoms with Gasteiger partial charge in [0.2, 0.25) is 5.17 Å². The van der Waals surface area contributed by atoms with Gasteiger partial charge in [0.25, 0.3) is 5.91 Å². The van der Waals surface area contributed by atoms with Crippen molar-refractivity contribution in [2.75, 3.05) is 6.61 Å². The number of thioether (sulfide) groups is 1. The molecule has 2 aliphatic rings. The van der Waals surface area contributed by atoms with Gasteiger partial charge in [-0.25, -0.2) is 0 Å². The van der Waals surface area contributed by atoms with Crippen molar-refractivity contribution >= 4 is 39.8 Å². The van der Waals surface area contributed by atoms with Crippen LogP contribution in [0.4, 0.5) is 0 Å². The van der Waals surface area contributed by atoms with Gasteiger partial charge in [0, 0.05) is 18.0 Å². The van der Waals surface area contributed by atoms with Gasteiger partial charge in [-0.1, -0.05) is 36.4 Å². The molecule has 0 aliphatic carbocycles. The van der Waals surface area contributed by atoms with Crippen LogP contribution in [-0.4, -0.2) is 38.6 Å². The third kappa shape index (κ3) is 4.78. The molecule has 1 amide bonds. The van der Waals surface area contributed by atoms with Gasteiger partial charge in [0.05, 0.1) is 12.2 Å². The van der Waals surface area contributed by atoms with Crippen LogP contribution in [0.2, 0.25) is 0 Å². The van der Waals surface area contributed by atoms with Crippen molar-refractivity contribution in [1.29, 1.82) is 5.41 Å². The van der Waals surface area contributed by atoms with Crippen molar-refractivity contribution in [1.82, 2.24) is 9.99 Å². The second kappa shape index (κ2) is 10.2. The average Bonchev–Trinajstić information content (AvgIpc) is 3.33. The maximum Gasteiger partial charge on any atom is 0.283 e. The highest BCUT2D eigenvalue weighted by atomic mass is 32.2. The SMILES string of the molecule is CCOc1cc(/C=C2/C(=N)N3N=C(c4cccnc4)SC3=NC2=O)ccc1O[C@@H](C)c1ccccc1. The maximum absolute atomic E-state index is 12.8. The van der Waals surface area contributed by atoms with E-state index in [1.165, 1.54) is 16.8 Å². The van der Waals surface area contributed by atoms with Crippen LogP contribution in [0, 0.1) is 5.41 Å². The molecule has 0 unspecified atom stereocenters. The number of benzene rings is 2. The highest BCUT2D eigenvalue weighted by molar-refractivity contribution is 8.27. The smallest absolute Gasteiger partial charge is 0.283 e. The van der Waals surface area contributed by atoms with Crippen LogP contribution in [0.15, 0.2) is 88.7 Å². The Morgan fingerprint density at radius 1 is 1.11 bits per heavy atom. The fraction of sp³-hybridized carbons (Fsp3) is 0.148. The number of fused-ring (bicyclic) bond motifs is 1. The molecule has 1 aromatic heterocycles. The zero-order valence-electron chi connectivity index (χ0n) is 19.7. The molecule has 0 saturated heterocycles. The Hall–Kier alpha value is -4.24. The molecule has 180 valence electrons. The summed E-state index contributed by atoms with van der Waals surface area (Å²) in [5.41, 5.74) is 2.68. The summed E-state index contributed by atoms with van der Waals surface area (Å²) in [5.74, 6) is 0.634. The highest BCUT2D eigenvalue weighted by Gasteiger charge is 2.36. The van der Waals surface area contributed by atoms with E-state index in [-0.39, 0.29) is 17.5 Å². The number of aromatic nitrogens is 1. The summed E-state index contributed by atoms with van der Waals surface area (Å²) in [6.45, 7) is 4.33. The molecule has 2 aliphatic heterocycles. The number of nitrogens with one attached hydrogen (secondary N) is 1. The zero-order valence-corrected chi connectivity index (χ0v) is 20.5. The summed E-state index contributed by atoms with van der Waals surface area (Å²) in [5, 5.41) is 15.5. The molecule has 3 aromatic rings. The molecule has 2 aromatic carbocycles. The molecule has 0 saturated carbocycles. The van der Waals surface area contributed by atoms with Gasteiger partial charge in [-0.2, -0.15) is 15.1 Å². The Bertz CT molecular complexity index is 1400. The quantitative estimate of drug-likeness (QED) is 0.445. The third-order valence-electron chi connectivity index (χ3n) is 5.51. The van der Waals surface area contributed by atoms with E-state index in [0.29, 0.717) is 33.9 Å². The standard InChI is InChI=1S/C27H23N5O3S/c1-3-34-23-15-18(11-12-22(23)35-17(2)19-8-5-4-6-9-19)14-21-24(28)32-27(30-25(21)33)36-26(31-32)20-10-7-13-29-16-20/h4-17,28H,3H2,1-2H3/b21-14-,28-24?/t17-/m0/s1. The molecule has 36 heavy (non-hydrogen) atoms. The average molecular weight is 498 g/mol. The van der Waals surface area contributed by atoms with Crippen molar-refractivity contribution in [2.45, 2.75) is 20.0 Å². The van der Waals surface area contributed by atoms with Gasteiger partial charge in [-0.05, 0) is 67.1 Å². The normalized spacial score (nSPS) is 16.9. The lowest BCUT2D eigenvalue weighted by Gasteiger charge is -2.20. The van der Waals surface area contributed by atoms with Gasteiger partial charge in [-0.3, -0.25) is 15.2 Å². The summed E-state index contributed by atoms with van der Waals surface area (Å²) < 4.78 is 12.0. The number of ether oxygens (including phenoxy) is 2. The van der Waals surface area contributed by atoms with Crippen molar-refractivity contribution < 1.29 is 14.3 Å². The monoisotopic (exact) mass is 497 g/mol. The topological polar surface area (TPSA) is 100 Å². The van der Waals surface area contributed by atoms with E-state index < -0.39 is 5.91 Å². The first-order chi connectivity index (χ1) is 17.5. The van der Waals surface area contributed by atoms with Gasteiger partial charge in [0.15, 0.2) is 17.3 Å². The van der Waals surface area contributed by atoms with Gasteiger partial charge < -0.3 is 9.47 Å². The number of carbonyl (C=O) groups excluding carboxylic acids is 1. The van der Waals surface area contributed by atoms with Gasteiger partial charge in [-0.15, -0.1) is 0 Å². The maximum atomic E-state index is 12.8. The second-order valence-electron chi connectivity index (χ2n) is 7.98. The minimum atomic E-state index is -0.489. The van der Waals surface area contributed by atoms with Gasteiger partial charge >= 0.3 is 0 Å². The van der Waals surface area contributed by atoms with Crippen molar-refractivity contribution in [3.05, 3.63) is 95.3 Å². The Morgan fingerprint density at radius 3 is 2.69 bits per heavy atom. The van der Waals surface area contributed by atoms with Gasteiger partial charge in [0.1, 0.15) is 11.1 Å². The lowest BCUT2D eigenvalue weighted by atomic mass is 10.1. The Labute approximate surface area is 212 Å². The van der Waals surface area contributed by atoms with Crippen LogP contribution in [0.25, 0.3) is 6.08 Å². The number of pyridine rings is 1. The highest BCUT2D eigenvalue weighted by Crippen LogP contribution is 2.34. The van der Waals surface area contributed by atoms with Crippen molar-refractivity contribution in [3.63, 3.8) is 0 Å². The molecule has 1 atom stereocenters. The lowest BCUT2D eigenvalue weighted by Crippen LogP contribution is -2.35. The van der Waals surface area contributed by atoms with E-state index in [4.69, 9.17) is 14.9 Å². The molecule has 0 spiro atoms. The second-order valence-corrected chi connectivity index (χ2v) is 8.93. The first-order valence-corrected chi connectivity index (χ1v) is 12.2. The fourth-order valence-electron chi connectivity index (χ4n) is 3.73. The predicted octanol–water partition coefficient (Wildman–Crippen LogP) is 5.29. The molecule has 3 heterocycles. The molecule has 0 fully saturated rings. The number of hydrogen-bond acceptors (Lipinski definition) is 7. The summed E-state index contributed by atoms with van der Waals surface area (Å²) in [6, 6.07) is 19.1. The molecule has 5 rings (SSSR count). The number of carbonyl (C=O) groups is 1. The van der Waals surface area contributed by atoms with Crippen LogP contribution in [0.5, 0.6) is 11.5 Å². The summed E-state index contributed by atoms with van der Waals surface area (Å²) in [4.78, 5) is 21.1. The molecule has 1 N–H and O–H groups in total. The lowest BCUT2D eigenvalue weighted by molar-refractivity contribution is -0.114. The minimum Gasteiger partial charge on any atom is -0.490 e. The van der Waals surface area contributed by atoms with Crippen LogP contribution in [0.1, 0.15) is 36.6 Å². The van der Waals surface area contributed by atoms with Crippen molar-refractivity contribution in [3.8, 4) is 11.5 Å². The molecule has 9 heteroatoms. The molecular weight excluding hydrogens is 474 g/mol. The predicted molar refractivity (Wildman–Crippen MR) is 141 cm³/mol.